The van der Waals surface area contributed by atoms with Crippen LogP contribution in [-0.2, 0) is 51.9 Å². The summed E-state index contributed by atoms with van der Waals surface area (Å²) in [5, 5.41) is 25.9. The Balaban J connectivity index is 1.19. The first kappa shape index (κ1) is 54.9. The van der Waals surface area contributed by atoms with E-state index in [-0.39, 0.29) is 38.6 Å². The lowest BCUT2D eigenvalue weighted by molar-refractivity contribution is 0.0100. The van der Waals surface area contributed by atoms with E-state index in [4.69, 9.17) is 64.5 Å². The van der Waals surface area contributed by atoms with Crippen LogP contribution in [-0.4, -0.2) is 158 Å². The van der Waals surface area contributed by atoms with Gasteiger partial charge in [-0.05, 0) is 112 Å². The molecule has 2 N–H and O–H groups in total. The average Bonchev–Trinajstić information content (AvgIpc) is 4.29. The highest BCUT2D eigenvalue weighted by Crippen LogP contribution is 2.39. The Morgan fingerprint density at radius 1 is 0.507 bits per heavy atom. The molecule has 2 aliphatic heterocycles. The molecule has 69 heavy (non-hydrogen) atoms. The van der Waals surface area contributed by atoms with Crippen molar-refractivity contribution in [1.29, 1.82) is 0 Å². The van der Waals surface area contributed by atoms with Gasteiger partial charge < -0.3 is 74.7 Å². The van der Waals surface area contributed by atoms with E-state index < -0.39 is 29.8 Å². The Labute approximate surface area is 410 Å². The molecule has 0 saturated carbocycles. The van der Waals surface area contributed by atoms with Crippen LogP contribution < -0.4 is 18.9 Å². The van der Waals surface area contributed by atoms with Gasteiger partial charge in [0.25, 0.3) is 0 Å². The smallest absolute Gasteiger partial charge is 0.491 e. The van der Waals surface area contributed by atoms with Crippen LogP contribution in [0.15, 0.2) is 60.7 Å². The second kappa shape index (κ2) is 28.6. The largest absolute Gasteiger partial charge is 0.501 e. The van der Waals surface area contributed by atoms with Crippen LogP contribution in [0.2, 0.25) is 12.1 Å². The Morgan fingerprint density at radius 2 is 0.899 bits per heavy atom. The molecule has 16 nitrogen and oxygen atoms in total. The van der Waals surface area contributed by atoms with Crippen molar-refractivity contribution in [3.05, 3.63) is 71.8 Å². The normalized spacial score (nSPS) is 16.8. The summed E-state index contributed by atoms with van der Waals surface area (Å²) in [6.07, 6.45) is 0.108. The van der Waals surface area contributed by atoms with Gasteiger partial charge >= 0.3 is 17.6 Å². The van der Waals surface area contributed by atoms with Crippen molar-refractivity contribution in [3.8, 4) is 23.0 Å². The van der Waals surface area contributed by atoms with Gasteiger partial charge in [-0.2, -0.15) is 0 Å². The van der Waals surface area contributed by atoms with E-state index in [0.717, 1.165) is 44.2 Å². The maximum atomic E-state index is 11.2. The van der Waals surface area contributed by atoms with Crippen LogP contribution in [0.25, 0.3) is 21.5 Å². The van der Waals surface area contributed by atoms with E-state index in [2.05, 4.69) is 18.2 Å². The molecule has 0 amide bonds. The van der Waals surface area contributed by atoms with Crippen LogP contribution in [0.5, 0.6) is 23.0 Å². The van der Waals surface area contributed by atoms with Gasteiger partial charge in [0.2, 0.25) is 0 Å². The summed E-state index contributed by atoms with van der Waals surface area (Å²) in [6, 6.07) is 21.2. The Kier molecular flexibility index (Phi) is 22.7. The molecule has 384 valence electrons. The molecular weight excluding hydrogens is 925 g/mol. The zero-order valence-electron chi connectivity index (χ0n) is 41.5. The van der Waals surface area contributed by atoms with Gasteiger partial charge in [0, 0.05) is 82.5 Å². The molecule has 0 aliphatic carbocycles. The van der Waals surface area contributed by atoms with Gasteiger partial charge in [0.15, 0.2) is 0 Å². The molecule has 18 heteroatoms. The molecule has 4 aromatic carbocycles. The lowest BCUT2D eigenvalue weighted by Crippen LogP contribution is -2.46. The Bertz CT molecular complexity index is 2080. The molecule has 0 spiro atoms. The third kappa shape index (κ3) is 17.4. The molecule has 0 aromatic heterocycles. The summed E-state index contributed by atoms with van der Waals surface area (Å²) in [7, 11) is -5.58. The third-order valence-corrected chi connectivity index (χ3v) is 17.7. The van der Waals surface area contributed by atoms with E-state index in [1.807, 2.05) is 84.0 Å². The lowest BCUT2D eigenvalue weighted by Gasteiger charge is -2.28. The van der Waals surface area contributed by atoms with Gasteiger partial charge in [-0.1, -0.05) is 24.3 Å². The predicted octanol–water partition coefficient (Wildman–Crippen LogP) is 7.53. The van der Waals surface area contributed by atoms with E-state index in [1.54, 1.807) is 0 Å². The summed E-state index contributed by atoms with van der Waals surface area (Å²) in [5.74, 6) is 2.61. The fraction of sp³-hybridized carbons (Fsp3) is 0.608. The average molecular weight is 1000 g/mol. The minimum atomic E-state index is -2.80. The zero-order valence-corrected chi connectivity index (χ0v) is 43.5. The van der Waals surface area contributed by atoms with E-state index in [1.165, 1.54) is 0 Å². The summed E-state index contributed by atoms with van der Waals surface area (Å²) >= 11 is 0. The molecule has 2 saturated heterocycles. The molecule has 2 heterocycles. The van der Waals surface area contributed by atoms with Crippen molar-refractivity contribution in [2.45, 2.75) is 97.3 Å². The van der Waals surface area contributed by atoms with Crippen molar-refractivity contribution in [2.75, 3.05) is 106 Å². The second-order valence-electron chi connectivity index (χ2n) is 16.8. The first-order valence-corrected chi connectivity index (χ1v) is 28.7. The molecular formula is C51H76O16Si2. The SMILES string of the molecule is CCO[Si](CCCOCC(O)COc1ccc2ccc(OCC(O)COCCC[Si](OCC)(OCC)OCC)c(Cc3c(OCC4CO4)ccc4ccc(OCC5CO5)cc34)c2c1)(OCC)OCC. The highest BCUT2D eigenvalue weighted by Gasteiger charge is 2.40. The number of epoxide rings is 2. The number of aliphatic hydroxyl groups is 2. The van der Waals surface area contributed by atoms with E-state index in [9.17, 15) is 10.2 Å². The lowest BCUT2D eigenvalue weighted by atomic mass is 9.93. The van der Waals surface area contributed by atoms with Crippen molar-refractivity contribution in [2.24, 2.45) is 0 Å². The van der Waals surface area contributed by atoms with Gasteiger partial charge in [0.1, 0.15) is 73.8 Å². The molecule has 4 unspecified atom stereocenters. The minimum Gasteiger partial charge on any atom is -0.491 e. The Morgan fingerprint density at radius 3 is 1.33 bits per heavy atom. The molecule has 6 rings (SSSR count). The van der Waals surface area contributed by atoms with E-state index >= 15 is 0 Å². The molecule has 2 aliphatic rings. The number of benzene rings is 4. The number of aliphatic hydroxyl groups excluding tert-OH is 2. The summed E-state index contributed by atoms with van der Waals surface area (Å²) in [4.78, 5) is 0. The molecule has 0 bridgehead atoms. The van der Waals surface area contributed by atoms with Crippen LogP contribution >= 0.6 is 0 Å². The number of hydrogen-bond donors (Lipinski definition) is 2. The summed E-state index contributed by atoms with van der Waals surface area (Å²) < 4.78 is 83.9. The van der Waals surface area contributed by atoms with Gasteiger partial charge in [-0.3, -0.25) is 0 Å². The van der Waals surface area contributed by atoms with Crippen LogP contribution in [0, 0.1) is 0 Å². The van der Waals surface area contributed by atoms with Crippen LogP contribution in [0.4, 0.5) is 0 Å². The van der Waals surface area contributed by atoms with Crippen molar-refractivity contribution >= 4 is 39.2 Å². The predicted molar refractivity (Wildman–Crippen MR) is 266 cm³/mol. The maximum Gasteiger partial charge on any atom is 0.501 e. The first-order valence-electron chi connectivity index (χ1n) is 24.9. The van der Waals surface area contributed by atoms with Crippen molar-refractivity contribution < 1.29 is 74.7 Å². The third-order valence-electron chi connectivity index (χ3n) is 11.4. The summed E-state index contributed by atoms with van der Waals surface area (Å²) in [6.45, 7) is 17.9. The van der Waals surface area contributed by atoms with Gasteiger partial charge in [-0.15, -0.1) is 0 Å². The number of rotatable bonds is 38. The molecule has 4 aromatic rings. The van der Waals surface area contributed by atoms with Crippen molar-refractivity contribution in [3.63, 3.8) is 0 Å². The highest BCUT2D eigenvalue weighted by molar-refractivity contribution is 6.61. The van der Waals surface area contributed by atoms with Gasteiger partial charge in [0.05, 0.1) is 26.4 Å². The van der Waals surface area contributed by atoms with E-state index in [0.29, 0.717) is 122 Å². The summed E-state index contributed by atoms with van der Waals surface area (Å²) in [5.41, 5.74) is 1.80. The molecule has 2 fully saturated rings. The zero-order chi connectivity index (χ0) is 48.9. The van der Waals surface area contributed by atoms with Crippen LogP contribution in [0.3, 0.4) is 0 Å². The minimum absolute atomic E-state index is 0.0123. The number of ether oxygens (including phenoxy) is 8. The monoisotopic (exact) mass is 1000 g/mol. The van der Waals surface area contributed by atoms with Crippen molar-refractivity contribution in [1.82, 2.24) is 0 Å². The fourth-order valence-electron chi connectivity index (χ4n) is 8.07. The first-order chi connectivity index (χ1) is 33.7. The Hall–Kier alpha value is -3.45. The standard InChI is InChI=1S/C51H76O16Si2/c1-7-62-68(63-8-2,64-9-3)25-13-23-54-30-40(52)32-56-42-19-15-38-17-21-50(60-33-41(53)31-55-24-14-26-69(65-10-4,66-11-5)67-12-6)48(46(38)27-42)29-49-47-28-43(57-34-44-35-58-44)20-16-39(47)18-22-51(49)61-37-45-36-59-45/h15-22,27-28,40-41,44-45,52-53H,7-14,23-26,29-37H2,1-6H3. The number of hydrogen-bond acceptors (Lipinski definition) is 16. The topological polar surface area (TPSA) is 176 Å². The quantitative estimate of drug-likeness (QED) is 0.0256. The second-order valence-corrected chi connectivity index (χ2v) is 22.3. The van der Waals surface area contributed by atoms with Crippen LogP contribution in [0.1, 0.15) is 65.5 Å². The maximum absolute atomic E-state index is 11.2. The van der Waals surface area contributed by atoms with Gasteiger partial charge in [-0.25, -0.2) is 0 Å². The number of fused-ring (bicyclic) bond motifs is 2. The molecule has 4 atom stereocenters. The fourth-order valence-corrected chi connectivity index (χ4v) is 13.2. The molecule has 0 radical (unpaired) electrons. The highest BCUT2D eigenvalue weighted by atomic mass is 28.4.